The molecule has 0 saturated heterocycles. The number of halogens is 1. The average molecular weight is 261 g/mol. The van der Waals surface area contributed by atoms with Crippen LogP contribution in [0.2, 0.25) is 0 Å². The van der Waals surface area contributed by atoms with E-state index in [1.165, 1.54) is 13.8 Å². The maximum absolute atomic E-state index is 12.3. The fraction of sp³-hybridized carbons (Fsp3) is 0.500. The molecule has 0 aliphatic rings. The van der Waals surface area contributed by atoms with Crippen molar-refractivity contribution in [3.8, 4) is 0 Å². The van der Waals surface area contributed by atoms with Crippen LogP contribution in [0.1, 0.15) is 30.5 Å². The van der Waals surface area contributed by atoms with Crippen molar-refractivity contribution >= 4 is 21.4 Å². The number of alkyl halides is 1. The van der Waals surface area contributed by atoms with Crippen molar-refractivity contribution in [2.45, 2.75) is 43.7 Å². The van der Waals surface area contributed by atoms with E-state index >= 15 is 0 Å². The monoisotopic (exact) mass is 260 g/mol. The third kappa shape index (κ3) is 2.25. The molecule has 1 aromatic carbocycles. The number of rotatable bonds is 2. The van der Waals surface area contributed by atoms with E-state index in [1.807, 2.05) is 19.1 Å². The van der Waals surface area contributed by atoms with Gasteiger partial charge in [-0.05, 0) is 45.7 Å². The molecule has 4 heteroatoms. The Kier molecular flexibility index (Phi) is 3.42. The molecule has 2 nitrogen and oxygen atoms in total. The van der Waals surface area contributed by atoms with Gasteiger partial charge in [0.1, 0.15) is 4.21 Å². The summed E-state index contributed by atoms with van der Waals surface area (Å²) in [5.41, 5.74) is 2.57. The van der Waals surface area contributed by atoms with Crippen LogP contribution in [0.3, 0.4) is 0 Å². The van der Waals surface area contributed by atoms with Crippen molar-refractivity contribution < 1.29 is 8.42 Å². The standard InChI is InChI=1S/C12H17ClO2S/c1-8-6-9(2)11(10(3)7-8)16(14,15)12(4,5)13/h6-7H,1-5H3. The summed E-state index contributed by atoms with van der Waals surface area (Å²) in [6.07, 6.45) is 0. The highest BCUT2D eigenvalue weighted by Gasteiger charge is 2.35. The summed E-state index contributed by atoms with van der Waals surface area (Å²) < 4.78 is 23.3. The maximum atomic E-state index is 12.3. The predicted octanol–water partition coefficient (Wildman–Crippen LogP) is 3.36. The first kappa shape index (κ1) is 13.5. The van der Waals surface area contributed by atoms with Gasteiger partial charge >= 0.3 is 0 Å². The minimum absolute atomic E-state index is 0.359. The number of benzene rings is 1. The molecule has 0 radical (unpaired) electrons. The number of hydrogen-bond donors (Lipinski definition) is 0. The highest BCUT2D eigenvalue weighted by atomic mass is 35.5. The summed E-state index contributed by atoms with van der Waals surface area (Å²) in [5.74, 6) is 0. The Morgan fingerprint density at radius 2 is 1.44 bits per heavy atom. The molecule has 0 saturated carbocycles. The largest absolute Gasteiger partial charge is 0.222 e. The SMILES string of the molecule is Cc1cc(C)c(S(=O)(=O)C(C)(C)Cl)c(C)c1. The van der Waals surface area contributed by atoms with Gasteiger partial charge in [0.2, 0.25) is 0 Å². The Labute approximate surface area is 103 Å². The minimum atomic E-state index is -3.49. The van der Waals surface area contributed by atoms with E-state index in [1.54, 1.807) is 13.8 Å². The predicted molar refractivity (Wildman–Crippen MR) is 67.8 cm³/mol. The van der Waals surface area contributed by atoms with Gasteiger partial charge in [-0.1, -0.05) is 17.7 Å². The van der Waals surface area contributed by atoms with Crippen LogP contribution in [0.15, 0.2) is 17.0 Å². The summed E-state index contributed by atoms with van der Waals surface area (Å²) >= 11 is 5.96. The zero-order chi connectivity index (χ0) is 12.7. The lowest BCUT2D eigenvalue weighted by molar-refractivity contribution is 0.579. The van der Waals surface area contributed by atoms with Gasteiger partial charge in [0.05, 0.1) is 4.90 Å². The van der Waals surface area contributed by atoms with Crippen LogP contribution >= 0.6 is 11.6 Å². The van der Waals surface area contributed by atoms with Gasteiger partial charge in [-0.25, -0.2) is 8.42 Å². The van der Waals surface area contributed by atoms with Crippen molar-refractivity contribution in [2.75, 3.05) is 0 Å². The zero-order valence-electron chi connectivity index (χ0n) is 10.3. The van der Waals surface area contributed by atoms with Gasteiger partial charge in [-0.15, -0.1) is 11.6 Å². The summed E-state index contributed by atoms with van der Waals surface area (Å²) in [6.45, 7) is 8.55. The van der Waals surface area contributed by atoms with Crippen molar-refractivity contribution in [1.82, 2.24) is 0 Å². The molecule has 0 atom stereocenters. The highest BCUT2D eigenvalue weighted by Crippen LogP contribution is 2.33. The van der Waals surface area contributed by atoms with Crippen LogP contribution in [-0.2, 0) is 9.84 Å². The second kappa shape index (κ2) is 4.04. The van der Waals surface area contributed by atoms with Crippen LogP contribution in [0, 0.1) is 20.8 Å². The van der Waals surface area contributed by atoms with E-state index < -0.39 is 14.0 Å². The molecule has 90 valence electrons. The quantitative estimate of drug-likeness (QED) is 0.764. The second-order valence-electron chi connectivity index (χ2n) is 4.59. The van der Waals surface area contributed by atoms with E-state index in [2.05, 4.69) is 0 Å². The number of aryl methyl sites for hydroxylation is 3. The molecular formula is C12H17ClO2S. The molecule has 0 N–H and O–H groups in total. The van der Waals surface area contributed by atoms with E-state index in [4.69, 9.17) is 11.6 Å². The molecule has 0 aliphatic carbocycles. The Balaban J connectivity index is 3.59. The third-order valence-corrected chi connectivity index (χ3v) is 5.58. The topological polar surface area (TPSA) is 34.1 Å². The Morgan fingerprint density at radius 1 is 1.06 bits per heavy atom. The molecule has 0 unspecified atom stereocenters. The lowest BCUT2D eigenvalue weighted by Gasteiger charge is -2.20. The van der Waals surface area contributed by atoms with Crippen molar-refractivity contribution in [3.05, 3.63) is 28.8 Å². The van der Waals surface area contributed by atoms with Gasteiger partial charge < -0.3 is 0 Å². The normalized spacial score (nSPS) is 12.9. The first-order chi connectivity index (χ1) is 7.07. The summed E-state index contributed by atoms with van der Waals surface area (Å²) in [6, 6.07) is 3.73. The van der Waals surface area contributed by atoms with Gasteiger partial charge in [0, 0.05) is 0 Å². The molecule has 0 heterocycles. The Bertz CT molecular complexity index is 487. The van der Waals surface area contributed by atoms with Crippen LogP contribution < -0.4 is 0 Å². The first-order valence-corrected chi connectivity index (χ1v) is 6.95. The molecule has 1 rings (SSSR count). The van der Waals surface area contributed by atoms with Gasteiger partial charge in [-0.3, -0.25) is 0 Å². The Hall–Kier alpha value is -0.540. The maximum Gasteiger partial charge on any atom is 0.197 e. The van der Waals surface area contributed by atoms with E-state index in [9.17, 15) is 8.42 Å². The summed E-state index contributed by atoms with van der Waals surface area (Å²) in [4.78, 5) is 0.359. The van der Waals surface area contributed by atoms with Crippen molar-refractivity contribution in [1.29, 1.82) is 0 Å². The van der Waals surface area contributed by atoms with Crippen LogP contribution in [0.4, 0.5) is 0 Å². The zero-order valence-corrected chi connectivity index (χ0v) is 11.8. The lowest BCUT2D eigenvalue weighted by atomic mass is 10.1. The fourth-order valence-electron chi connectivity index (χ4n) is 1.83. The van der Waals surface area contributed by atoms with E-state index in [0.717, 1.165) is 16.7 Å². The molecule has 0 aliphatic heterocycles. The van der Waals surface area contributed by atoms with Crippen LogP contribution in [0.5, 0.6) is 0 Å². The fourth-order valence-corrected chi connectivity index (χ4v) is 3.52. The van der Waals surface area contributed by atoms with Gasteiger partial charge in [-0.2, -0.15) is 0 Å². The number of sulfone groups is 1. The van der Waals surface area contributed by atoms with Crippen LogP contribution in [-0.4, -0.2) is 12.6 Å². The first-order valence-electron chi connectivity index (χ1n) is 5.09. The molecule has 0 amide bonds. The molecular weight excluding hydrogens is 244 g/mol. The average Bonchev–Trinajstić information content (AvgIpc) is 1.97. The molecule has 0 fully saturated rings. The van der Waals surface area contributed by atoms with Crippen molar-refractivity contribution in [3.63, 3.8) is 0 Å². The molecule has 1 aromatic rings. The summed E-state index contributed by atoms with van der Waals surface area (Å²) in [7, 11) is -3.49. The van der Waals surface area contributed by atoms with Crippen molar-refractivity contribution in [2.24, 2.45) is 0 Å². The lowest BCUT2D eigenvalue weighted by Crippen LogP contribution is -2.26. The number of hydrogen-bond acceptors (Lipinski definition) is 2. The third-order valence-electron chi connectivity index (χ3n) is 2.51. The van der Waals surface area contributed by atoms with E-state index in [0.29, 0.717) is 4.90 Å². The summed E-state index contributed by atoms with van der Waals surface area (Å²) in [5, 5.41) is 0. The second-order valence-corrected chi connectivity index (χ2v) is 8.20. The molecule has 0 aromatic heterocycles. The molecule has 16 heavy (non-hydrogen) atoms. The molecule has 0 spiro atoms. The minimum Gasteiger partial charge on any atom is -0.222 e. The highest BCUT2D eigenvalue weighted by molar-refractivity contribution is 7.94. The van der Waals surface area contributed by atoms with Gasteiger partial charge in [0.15, 0.2) is 9.84 Å². The Morgan fingerprint density at radius 3 is 1.75 bits per heavy atom. The van der Waals surface area contributed by atoms with E-state index in [-0.39, 0.29) is 0 Å². The molecule has 0 bridgehead atoms. The smallest absolute Gasteiger partial charge is 0.197 e. The van der Waals surface area contributed by atoms with Gasteiger partial charge in [0.25, 0.3) is 0 Å². The van der Waals surface area contributed by atoms with Crippen LogP contribution in [0.25, 0.3) is 0 Å².